The van der Waals surface area contributed by atoms with E-state index in [-0.39, 0.29) is 12.0 Å². The summed E-state index contributed by atoms with van der Waals surface area (Å²) in [7, 11) is 0. The maximum absolute atomic E-state index is 11.4. The standard InChI is InChI=1S/C9H13BrN2O2/c1-4-14-9(13)7-5-11-12(6(2)3)8(7)10/h5-6H,4H2,1-3H3/p+1. The van der Waals surface area contributed by atoms with Gasteiger partial charge in [-0.05, 0) is 20.8 Å². The van der Waals surface area contributed by atoms with Gasteiger partial charge in [-0.3, -0.25) is 0 Å². The number of carbonyl (C=O) groups is 1. The van der Waals surface area contributed by atoms with Crippen molar-refractivity contribution < 1.29 is 14.2 Å². The van der Waals surface area contributed by atoms with Crippen LogP contribution in [0.1, 0.15) is 37.2 Å². The molecule has 0 radical (unpaired) electrons. The summed E-state index contributed by atoms with van der Waals surface area (Å²) in [6.07, 6.45) is 1.64. The highest BCUT2D eigenvalue weighted by Gasteiger charge is 2.24. The number of H-pyrrole nitrogens is 1. The first-order valence-corrected chi connectivity index (χ1v) is 5.32. The van der Waals surface area contributed by atoms with Crippen molar-refractivity contribution in [1.82, 2.24) is 5.10 Å². The maximum Gasteiger partial charge on any atom is 0.347 e. The van der Waals surface area contributed by atoms with E-state index < -0.39 is 0 Å². The van der Waals surface area contributed by atoms with Crippen LogP contribution in [-0.4, -0.2) is 17.7 Å². The molecule has 78 valence electrons. The van der Waals surface area contributed by atoms with Crippen molar-refractivity contribution in [2.24, 2.45) is 0 Å². The first kappa shape index (κ1) is 11.2. The molecule has 0 saturated heterocycles. The Morgan fingerprint density at radius 2 is 2.36 bits per heavy atom. The van der Waals surface area contributed by atoms with Crippen molar-refractivity contribution in [3.63, 3.8) is 0 Å². The molecule has 1 N–H and O–H groups in total. The van der Waals surface area contributed by atoms with Gasteiger partial charge in [0.25, 0.3) is 4.60 Å². The molecule has 1 heterocycles. The van der Waals surface area contributed by atoms with Crippen molar-refractivity contribution in [3.05, 3.63) is 16.4 Å². The van der Waals surface area contributed by atoms with Gasteiger partial charge in [0.15, 0.2) is 11.6 Å². The van der Waals surface area contributed by atoms with Gasteiger partial charge < -0.3 is 4.74 Å². The zero-order chi connectivity index (χ0) is 10.7. The van der Waals surface area contributed by atoms with Crippen LogP contribution >= 0.6 is 15.9 Å². The largest absolute Gasteiger partial charge is 0.462 e. The van der Waals surface area contributed by atoms with Crippen LogP contribution in [0, 0.1) is 0 Å². The lowest BCUT2D eigenvalue weighted by atomic mass is 10.3. The lowest BCUT2D eigenvalue weighted by Crippen LogP contribution is -2.39. The van der Waals surface area contributed by atoms with Crippen molar-refractivity contribution >= 4 is 21.9 Å². The number of carbonyl (C=O) groups excluding carboxylic acids is 1. The zero-order valence-corrected chi connectivity index (χ0v) is 10.1. The van der Waals surface area contributed by atoms with Crippen molar-refractivity contribution in [2.45, 2.75) is 26.8 Å². The zero-order valence-electron chi connectivity index (χ0n) is 8.50. The number of ether oxygens (including phenoxy) is 1. The normalized spacial score (nSPS) is 10.6. The third-order valence-electron chi connectivity index (χ3n) is 1.79. The number of aromatic amines is 1. The van der Waals surface area contributed by atoms with Gasteiger partial charge in [0.05, 0.1) is 12.8 Å². The smallest absolute Gasteiger partial charge is 0.347 e. The van der Waals surface area contributed by atoms with E-state index in [1.807, 2.05) is 18.5 Å². The summed E-state index contributed by atoms with van der Waals surface area (Å²) in [5, 5.41) is 2.98. The molecular formula is C9H14BrN2O2+. The molecule has 1 aromatic heterocycles. The van der Waals surface area contributed by atoms with E-state index in [1.165, 1.54) is 0 Å². The second-order valence-electron chi connectivity index (χ2n) is 3.16. The molecular weight excluding hydrogens is 248 g/mol. The van der Waals surface area contributed by atoms with E-state index in [4.69, 9.17) is 4.74 Å². The predicted molar refractivity (Wildman–Crippen MR) is 55.0 cm³/mol. The predicted octanol–water partition coefficient (Wildman–Crippen LogP) is 1.82. The Kier molecular flexibility index (Phi) is 3.69. The minimum absolute atomic E-state index is 0.271. The fourth-order valence-electron chi connectivity index (χ4n) is 1.11. The number of esters is 1. The molecule has 14 heavy (non-hydrogen) atoms. The topological polar surface area (TPSA) is 46.0 Å². The summed E-state index contributed by atoms with van der Waals surface area (Å²) in [5.41, 5.74) is 0.528. The van der Waals surface area contributed by atoms with E-state index >= 15 is 0 Å². The van der Waals surface area contributed by atoms with Crippen LogP contribution in [0.25, 0.3) is 0 Å². The number of hydrogen-bond acceptors (Lipinski definition) is 2. The Balaban J connectivity index is 2.95. The summed E-state index contributed by atoms with van der Waals surface area (Å²) < 4.78 is 7.48. The quantitative estimate of drug-likeness (QED) is 0.667. The van der Waals surface area contributed by atoms with Gasteiger partial charge in [0.2, 0.25) is 0 Å². The van der Waals surface area contributed by atoms with Gasteiger partial charge in [-0.1, -0.05) is 0 Å². The molecule has 0 aliphatic heterocycles. The number of aromatic nitrogens is 2. The Hall–Kier alpha value is -0.840. The van der Waals surface area contributed by atoms with E-state index in [9.17, 15) is 4.79 Å². The van der Waals surface area contributed by atoms with Gasteiger partial charge in [0, 0.05) is 15.9 Å². The molecule has 1 aromatic rings. The molecule has 0 aliphatic rings. The molecule has 0 saturated carbocycles. The molecule has 0 aromatic carbocycles. The molecule has 0 amide bonds. The number of hydrogen-bond donors (Lipinski definition) is 1. The molecule has 0 aliphatic carbocycles. The number of nitrogens with zero attached hydrogens (tertiary/aromatic N) is 1. The summed E-state index contributed by atoms with van der Waals surface area (Å²) in [5.74, 6) is -0.310. The third kappa shape index (κ3) is 2.15. The van der Waals surface area contributed by atoms with Crippen molar-refractivity contribution in [1.29, 1.82) is 0 Å². The number of halogens is 1. The highest BCUT2D eigenvalue weighted by molar-refractivity contribution is 9.10. The van der Waals surface area contributed by atoms with Crippen molar-refractivity contribution in [3.8, 4) is 0 Å². The highest BCUT2D eigenvalue weighted by Crippen LogP contribution is 2.13. The number of nitrogens with one attached hydrogen (secondary N) is 1. The van der Waals surface area contributed by atoms with E-state index in [0.717, 1.165) is 4.60 Å². The third-order valence-corrected chi connectivity index (χ3v) is 2.60. The Morgan fingerprint density at radius 1 is 1.71 bits per heavy atom. The van der Waals surface area contributed by atoms with E-state index in [1.54, 1.807) is 13.1 Å². The van der Waals surface area contributed by atoms with Gasteiger partial charge in [0.1, 0.15) is 0 Å². The molecule has 0 bridgehead atoms. The van der Waals surface area contributed by atoms with Crippen LogP contribution in [0.3, 0.4) is 0 Å². The fourth-order valence-corrected chi connectivity index (χ4v) is 1.90. The van der Waals surface area contributed by atoms with Crippen LogP contribution in [0.2, 0.25) is 0 Å². The molecule has 5 heteroatoms. The SMILES string of the molecule is CCOC(=O)c1c[nH][n+](C(C)C)c1Br. The first-order chi connectivity index (χ1) is 6.57. The minimum Gasteiger partial charge on any atom is -0.462 e. The minimum atomic E-state index is -0.310. The van der Waals surface area contributed by atoms with Crippen molar-refractivity contribution in [2.75, 3.05) is 6.61 Å². The molecule has 0 fully saturated rings. The summed E-state index contributed by atoms with van der Waals surface area (Å²) >= 11 is 3.35. The van der Waals surface area contributed by atoms with Gasteiger partial charge >= 0.3 is 5.97 Å². The molecule has 0 unspecified atom stereocenters. The molecule has 4 nitrogen and oxygen atoms in total. The second-order valence-corrected chi connectivity index (χ2v) is 3.91. The summed E-state index contributed by atoms with van der Waals surface area (Å²) in [4.78, 5) is 11.4. The monoisotopic (exact) mass is 261 g/mol. The molecule has 1 rings (SSSR count). The fraction of sp³-hybridized carbons (Fsp3) is 0.556. The molecule has 0 spiro atoms. The lowest BCUT2D eigenvalue weighted by molar-refractivity contribution is -0.777. The summed E-state index contributed by atoms with van der Waals surface area (Å²) in [6.45, 7) is 6.22. The Labute approximate surface area is 91.4 Å². The maximum atomic E-state index is 11.4. The first-order valence-electron chi connectivity index (χ1n) is 4.53. The Bertz CT molecular complexity index is 334. The average molecular weight is 262 g/mol. The van der Waals surface area contributed by atoms with Crippen LogP contribution < -0.4 is 4.68 Å². The summed E-state index contributed by atoms with van der Waals surface area (Å²) in [6, 6.07) is 0.271. The lowest BCUT2D eigenvalue weighted by Gasteiger charge is -1.97. The van der Waals surface area contributed by atoms with Gasteiger partial charge in [-0.2, -0.15) is 5.10 Å². The van der Waals surface area contributed by atoms with Crippen LogP contribution in [0.15, 0.2) is 10.8 Å². The van der Waals surface area contributed by atoms with Crippen LogP contribution in [0.5, 0.6) is 0 Å². The highest BCUT2D eigenvalue weighted by atomic mass is 79.9. The van der Waals surface area contributed by atoms with E-state index in [0.29, 0.717) is 12.2 Å². The molecule has 0 atom stereocenters. The van der Waals surface area contributed by atoms with Crippen LogP contribution in [0.4, 0.5) is 0 Å². The number of rotatable bonds is 3. The average Bonchev–Trinajstić information content (AvgIpc) is 2.47. The van der Waals surface area contributed by atoms with Crippen LogP contribution in [-0.2, 0) is 4.74 Å². The van der Waals surface area contributed by atoms with Gasteiger partial charge in [-0.15, -0.1) is 4.68 Å². The van der Waals surface area contributed by atoms with E-state index in [2.05, 4.69) is 21.0 Å². The second kappa shape index (κ2) is 4.59. The Morgan fingerprint density at radius 3 is 2.79 bits per heavy atom. The van der Waals surface area contributed by atoms with Gasteiger partial charge in [-0.25, -0.2) is 4.79 Å².